The highest BCUT2D eigenvalue weighted by Crippen LogP contribution is 2.37. The van der Waals surface area contributed by atoms with Crippen LogP contribution in [0.25, 0.3) is 0 Å². The van der Waals surface area contributed by atoms with Crippen LogP contribution in [-0.2, 0) is 6.54 Å². The Kier molecular flexibility index (Phi) is 8.09. The molecule has 4 rings (SSSR count). The van der Waals surface area contributed by atoms with Gasteiger partial charge in [-0.1, -0.05) is 71.2 Å². The molecule has 37 heavy (non-hydrogen) atoms. The standard InChI is InChI=1S/C26H19Cl3N6O2/c1-15-10-19(20(12-30)16-6-8-18(27)9-7-16)22(29)11-23(15)34-26-24(35(36)37)25(32-14-33-26)31-13-17-4-2-3-5-21(17)28/h2-11,14,20H,13H2,1H3,(H2,31,32,33,34). The summed E-state index contributed by atoms with van der Waals surface area (Å²) in [5.74, 6) is -0.593. The summed E-state index contributed by atoms with van der Waals surface area (Å²) in [7, 11) is 0. The molecule has 8 nitrogen and oxygen atoms in total. The van der Waals surface area contributed by atoms with Crippen molar-refractivity contribution in [3.8, 4) is 6.07 Å². The molecule has 0 saturated carbocycles. The fraction of sp³-hybridized carbons (Fsp3) is 0.115. The lowest BCUT2D eigenvalue weighted by atomic mass is 9.91. The minimum Gasteiger partial charge on any atom is -0.360 e. The number of aryl methyl sites for hydroxylation is 1. The van der Waals surface area contributed by atoms with Crippen LogP contribution in [-0.4, -0.2) is 14.9 Å². The number of benzene rings is 3. The van der Waals surface area contributed by atoms with E-state index in [0.29, 0.717) is 31.9 Å². The third kappa shape index (κ3) is 5.92. The molecular weight excluding hydrogens is 535 g/mol. The third-order valence-electron chi connectivity index (χ3n) is 5.65. The van der Waals surface area contributed by atoms with Gasteiger partial charge in [-0.05, 0) is 53.4 Å². The fourth-order valence-corrected chi connectivity index (χ4v) is 4.36. The van der Waals surface area contributed by atoms with Crippen LogP contribution in [0.2, 0.25) is 15.1 Å². The first kappa shape index (κ1) is 26.2. The van der Waals surface area contributed by atoms with E-state index >= 15 is 0 Å². The average Bonchev–Trinajstić information content (AvgIpc) is 2.87. The molecule has 1 aromatic heterocycles. The predicted octanol–water partition coefficient (Wildman–Crippen LogP) is 7.66. The van der Waals surface area contributed by atoms with Crippen molar-refractivity contribution in [3.05, 3.63) is 114 Å². The highest BCUT2D eigenvalue weighted by molar-refractivity contribution is 6.32. The van der Waals surface area contributed by atoms with Gasteiger partial charge in [-0.15, -0.1) is 0 Å². The Morgan fingerprint density at radius 2 is 1.73 bits per heavy atom. The summed E-state index contributed by atoms with van der Waals surface area (Å²) >= 11 is 18.8. The minimum atomic E-state index is -0.619. The van der Waals surface area contributed by atoms with Crippen LogP contribution in [0.5, 0.6) is 0 Å². The molecule has 0 radical (unpaired) electrons. The van der Waals surface area contributed by atoms with Gasteiger partial charge >= 0.3 is 5.69 Å². The maximum absolute atomic E-state index is 12.0. The van der Waals surface area contributed by atoms with Gasteiger partial charge in [0.1, 0.15) is 6.33 Å². The summed E-state index contributed by atoms with van der Waals surface area (Å²) in [6, 6.07) is 19.8. The van der Waals surface area contributed by atoms with Crippen LogP contribution in [0, 0.1) is 28.4 Å². The Morgan fingerprint density at radius 3 is 2.41 bits per heavy atom. The zero-order chi connectivity index (χ0) is 26.5. The maximum atomic E-state index is 12.0. The average molecular weight is 554 g/mol. The summed E-state index contributed by atoms with van der Waals surface area (Å²) in [4.78, 5) is 19.6. The lowest BCUT2D eigenvalue weighted by Gasteiger charge is -2.17. The van der Waals surface area contributed by atoms with E-state index < -0.39 is 10.8 Å². The van der Waals surface area contributed by atoms with E-state index in [1.54, 1.807) is 48.5 Å². The van der Waals surface area contributed by atoms with E-state index in [9.17, 15) is 15.4 Å². The molecule has 0 spiro atoms. The molecule has 4 aromatic rings. The molecule has 0 saturated heterocycles. The van der Waals surface area contributed by atoms with E-state index in [1.807, 2.05) is 19.1 Å². The Morgan fingerprint density at radius 1 is 1.03 bits per heavy atom. The lowest BCUT2D eigenvalue weighted by molar-refractivity contribution is -0.383. The molecule has 0 fully saturated rings. The van der Waals surface area contributed by atoms with Gasteiger partial charge in [0.25, 0.3) is 0 Å². The third-order valence-corrected chi connectivity index (χ3v) is 6.60. The normalized spacial score (nSPS) is 11.4. The van der Waals surface area contributed by atoms with E-state index in [0.717, 1.165) is 11.1 Å². The molecule has 1 atom stereocenters. The van der Waals surface area contributed by atoms with Crippen molar-refractivity contribution in [3.63, 3.8) is 0 Å². The number of nitrogens with one attached hydrogen (secondary N) is 2. The van der Waals surface area contributed by atoms with Gasteiger partial charge in [0.15, 0.2) is 0 Å². The SMILES string of the molecule is Cc1cc(C(C#N)c2ccc(Cl)cc2)c(Cl)cc1Nc1ncnc(NCc2ccccc2Cl)c1[N+](=O)[O-]. The maximum Gasteiger partial charge on any atom is 0.353 e. The fourth-order valence-electron chi connectivity index (χ4n) is 3.76. The van der Waals surface area contributed by atoms with Crippen LogP contribution in [0.4, 0.5) is 23.0 Å². The molecule has 0 amide bonds. The number of rotatable bonds is 8. The van der Waals surface area contributed by atoms with Crippen molar-refractivity contribution in [1.82, 2.24) is 9.97 Å². The predicted molar refractivity (Wildman–Crippen MR) is 146 cm³/mol. The summed E-state index contributed by atoms with van der Waals surface area (Å²) in [6.07, 6.45) is 1.22. The number of nitro groups is 1. The largest absolute Gasteiger partial charge is 0.360 e. The van der Waals surface area contributed by atoms with E-state index in [1.165, 1.54) is 6.33 Å². The first-order valence-corrected chi connectivity index (χ1v) is 12.1. The first-order chi connectivity index (χ1) is 17.8. The molecule has 0 bridgehead atoms. The Labute approximate surface area is 228 Å². The minimum absolute atomic E-state index is 0.0110. The molecule has 3 aromatic carbocycles. The van der Waals surface area contributed by atoms with Gasteiger partial charge in [-0.25, -0.2) is 9.97 Å². The van der Waals surface area contributed by atoms with Crippen molar-refractivity contribution in [1.29, 1.82) is 5.26 Å². The van der Waals surface area contributed by atoms with Crippen molar-refractivity contribution in [2.75, 3.05) is 10.6 Å². The zero-order valence-electron chi connectivity index (χ0n) is 19.4. The van der Waals surface area contributed by atoms with E-state index in [4.69, 9.17) is 34.8 Å². The van der Waals surface area contributed by atoms with Gasteiger partial charge in [-0.3, -0.25) is 10.1 Å². The molecule has 0 aliphatic carbocycles. The monoisotopic (exact) mass is 552 g/mol. The van der Waals surface area contributed by atoms with Gasteiger partial charge < -0.3 is 10.6 Å². The van der Waals surface area contributed by atoms with Crippen molar-refractivity contribution < 1.29 is 4.92 Å². The molecule has 1 heterocycles. The van der Waals surface area contributed by atoms with Crippen LogP contribution in [0.15, 0.2) is 67.0 Å². The van der Waals surface area contributed by atoms with Gasteiger partial charge in [0.2, 0.25) is 11.6 Å². The van der Waals surface area contributed by atoms with Crippen LogP contribution in [0.3, 0.4) is 0 Å². The quantitative estimate of drug-likeness (QED) is 0.170. The second-order valence-electron chi connectivity index (χ2n) is 8.05. The smallest absolute Gasteiger partial charge is 0.353 e. The van der Waals surface area contributed by atoms with Crippen molar-refractivity contribution in [2.45, 2.75) is 19.4 Å². The summed E-state index contributed by atoms with van der Waals surface area (Å²) < 4.78 is 0. The highest BCUT2D eigenvalue weighted by atomic mass is 35.5. The second kappa shape index (κ2) is 11.4. The molecular formula is C26H19Cl3N6O2. The summed E-state index contributed by atoms with van der Waals surface area (Å²) in [5, 5.41) is 29.2. The van der Waals surface area contributed by atoms with Crippen molar-refractivity contribution >= 4 is 57.8 Å². The molecule has 186 valence electrons. The molecule has 0 aliphatic heterocycles. The molecule has 0 aliphatic rings. The Hall–Kier alpha value is -3.90. The molecule has 2 N–H and O–H groups in total. The summed E-state index contributed by atoms with van der Waals surface area (Å²) in [5.41, 5.74) is 3.00. The summed E-state index contributed by atoms with van der Waals surface area (Å²) in [6.45, 7) is 2.04. The number of hydrogen-bond donors (Lipinski definition) is 2. The van der Waals surface area contributed by atoms with Gasteiger partial charge in [-0.2, -0.15) is 5.26 Å². The lowest BCUT2D eigenvalue weighted by Crippen LogP contribution is -2.09. The number of aromatic nitrogens is 2. The number of anilines is 3. The molecule has 11 heteroatoms. The van der Waals surface area contributed by atoms with Crippen molar-refractivity contribution in [2.24, 2.45) is 0 Å². The Bertz CT molecular complexity index is 1510. The number of nitrogens with zero attached hydrogens (tertiary/aromatic N) is 4. The number of nitriles is 1. The second-order valence-corrected chi connectivity index (χ2v) is 9.30. The Balaban J connectivity index is 1.64. The first-order valence-electron chi connectivity index (χ1n) is 11.0. The highest BCUT2D eigenvalue weighted by Gasteiger charge is 2.25. The number of halogens is 3. The van der Waals surface area contributed by atoms with Crippen LogP contribution >= 0.6 is 34.8 Å². The molecule has 1 unspecified atom stereocenters. The van der Waals surface area contributed by atoms with Crippen LogP contribution in [0.1, 0.15) is 28.2 Å². The van der Waals surface area contributed by atoms with Gasteiger partial charge in [0.05, 0.1) is 16.9 Å². The zero-order valence-corrected chi connectivity index (χ0v) is 21.6. The van der Waals surface area contributed by atoms with Gasteiger partial charge in [0, 0.05) is 27.3 Å². The van der Waals surface area contributed by atoms with E-state index in [2.05, 4.69) is 26.7 Å². The number of hydrogen-bond acceptors (Lipinski definition) is 7. The van der Waals surface area contributed by atoms with E-state index in [-0.39, 0.29) is 23.9 Å². The van der Waals surface area contributed by atoms with Crippen LogP contribution < -0.4 is 10.6 Å². The topological polar surface area (TPSA) is 117 Å².